The number of carboxylic acid groups (broad SMARTS) is 1. The summed E-state index contributed by atoms with van der Waals surface area (Å²) in [6, 6.07) is -0.778. The molecule has 58 valence electrons. The van der Waals surface area contributed by atoms with Crippen molar-refractivity contribution in [2.75, 3.05) is 0 Å². The van der Waals surface area contributed by atoms with Gasteiger partial charge in [0.25, 0.3) is 0 Å². The Bertz CT molecular complexity index is 87.0. The Balaban J connectivity index is 0. The molecule has 1 unspecified atom stereocenters. The van der Waals surface area contributed by atoms with Crippen molar-refractivity contribution in [2.45, 2.75) is 25.8 Å². The minimum Gasteiger partial charge on any atom is -0.548 e. The average molecular weight is 224 g/mol. The van der Waals surface area contributed by atoms with E-state index in [1.807, 2.05) is 6.92 Å². The number of carboxylic acids is 1. The van der Waals surface area contributed by atoms with Gasteiger partial charge in [-0.2, -0.15) is 0 Å². The maximum atomic E-state index is 9.85. The van der Waals surface area contributed by atoms with Crippen molar-refractivity contribution in [1.82, 2.24) is 0 Å². The van der Waals surface area contributed by atoms with Crippen LogP contribution in [0, 0.1) is 0 Å². The van der Waals surface area contributed by atoms with Crippen LogP contribution in [0.25, 0.3) is 0 Å². The summed E-state index contributed by atoms with van der Waals surface area (Å²) < 4.78 is 0. The minimum atomic E-state index is -1.16. The van der Waals surface area contributed by atoms with Crippen molar-refractivity contribution in [3.05, 3.63) is 0 Å². The number of carbonyl (C=O) groups excluding carboxylic acids is 1. The molecule has 0 rings (SSSR count). The molecule has 0 radical (unpaired) electrons. The Kier molecular flexibility index (Phi) is 8.32. The van der Waals surface area contributed by atoms with E-state index in [1.165, 1.54) is 0 Å². The molecule has 4 heteroatoms. The molecule has 0 bridgehead atoms. The quantitative estimate of drug-likeness (QED) is 0.616. The van der Waals surface area contributed by atoms with E-state index in [-0.39, 0.29) is 22.4 Å². The molecule has 0 aromatic heterocycles. The van der Waals surface area contributed by atoms with Gasteiger partial charge in [0.15, 0.2) is 0 Å². The van der Waals surface area contributed by atoms with Crippen molar-refractivity contribution in [1.29, 1.82) is 0 Å². The third kappa shape index (κ3) is 6.05. The first kappa shape index (κ1) is 11.9. The Labute approximate surface area is 70.1 Å². The number of rotatable bonds is 3. The summed E-state index contributed by atoms with van der Waals surface area (Å²) in [6.07, 6.45) is 1.29. The van der Waals surface area contributed by atoms with E-state index in [2.05, 4.69) is 0 Å². The van der Waals surface area contributed by atoms with Gasteiger partial charge in [-0.3, -0.25) is 0 Å². The molecule has 0 aliphatic carbocycles. The maximum absolute atomic E-state index is 9.85. The molecule has 0 spiro atoms. The molecule has 3 nitrogen and oxygen atoms in total. The predicted octanol–water partition coefficient (Wildman–Crippen LogP) is -1.14. The second-order valence-corrected chi connectivity index (χ2v) is 1.71. The van der Waals surface area contributed by atoms with Crippen molar-refractivity contribution >= 4 is 5.97 Å². The van der Waals surface area contributed by atoms with Crippen LogP contribution >= 0.6 is 0 Å². The van der Waals surface area contributed by atoms with Gasteiger partial charge in [-0.15, -0.1) is 0 Å². The minimum absolute atomic E-state index is 0. The zero-order chi connectivity index (χ0) is 6.57. The molecule has 0 amide bonds. The van der Waals surface area contributed by atoms with Gasteiger partial charge < -0.3 is 15.6 Å². The number of hydrogen-bond donors (Lipinski definition) is 1. The van der Waals surface area contributed by atoms with Crippen molar-refractivity contribution < 1.29 is 32.3 Å². The largest absolute Gasteiger partial charge is 1.00 e. The van der Waals surface area contributed by atoms with Crippen LogP contribution in [0.4, 0.5) is 0 Å². The molecule has 0 heterocycles. The fourth-order valence-corrected chi connectivity index (χ4v) is 0.429. The van der Waals surface area contributed by atoms with Gasteiger partial charge in [-0.05, 0) is 6.42 Å². The molecule has 0 aromatic rings. The Hall–Kier alpha value is 0.170. The molecule has 1 atom stereocenters. The van der Waals surface area contributed by atoms with Crippen LogP contribution in [0.1, 0.15) is 19.8 Å². The molecule has 0 fully saturated rings. The topological polar surface area (TPSA) is 66.2 Å². The smallest absolute Gasteiger partial charge is 0.548 e. The summed E-state index contributed by atoms with van der Waals surface area (Å²) in [4.78, 5) is 9.85. The summed E-state index contributed by atoms with van der Waals surface area (Å²) in [5, 5.41) is 9.85. The van der Waals surface area contributed by atoms with Crippen molar-refractivity contribution in [2.24, 2.45) is 5.73 Å². The van der Waals surface area contributed by atoms with E-state index in [1.54, 1.807) is 0 Å². The van der Waals surface area contributed by atoms with Crippen LogP contribution < -0.4 is 10.8 Å². The summed E-state index contributed by atoms with van der Waals surface area (Å²) in [6.45, 7) is 1.88. The Morgan fingerprint density at radius 3 is 2.33 bits per heavy atom. The van der Waals surface area contributed by atoms with Gasteiger partial charge >= 0.3 is 22.4 Å². The Morgan fingerprint density at radius 1 is 1.78 bits per heavy atom. The predicted molar refractivity (Wildman–Crippen MR) is 27.9 cm³/mol. The fourth-order valence-electron chi connectivity index (χ4n) is 0.429. The third-order valence-electron chi connectivity index (χ3n) is 0.902. The molecule has 0 saturated carbocycles. The van der Waals surface area contributed by atoms with E-state index >= 15 is 0 Å². The summed E-state index contributed by atoms with van der Waals surface area (Å²) in [5.74, 6) is -1.16. The summed E-state index contributed by atoms with van der Waals surface area (Å²) in [5.41, 5.74) is 5.06. The van der Waals surface area contributed by atoms with E-state index in [0.29, 0.717) is 6.42 Å². The van der Waals surface area contributed by atoms with Crippen LogP contribution in [0.2, 0.25) is 0 Å². The van der Waals surface area contributed by atoms with Gasteiger partial charge in [0.05, 0.1) is 5.97 Å². The second-order valence-electron chi connectivity index (χ2n) is 1.71. The SMILES string of the molecule is CCCC(N)C(=O)[O-].[Ag+]. The van der Waals surface area contributed by atoms with Crippen LogP contribution in [-0.4, -0.2) is 12.0 Å². The molecule has 0 saturated heterocycles. The van der Waals surface area contributed by atoms with E-state index < -0.39 is 12.0 Å². The number of nitrogens with two attached hydrogens (primary N) is 1. The first-order chi connectivity index (χ1) is 3.68. The molecule has 0 aliphatic heterocycles. The summed E-state index contributed by atoms with van der Waals surface area (Å²) in [7, 11) is 0. The van der Waals surface area contributed by atoms with E-state index in [0.717, 1.165) is 6.42 Å². The van der Waals surface area contributed by atoms with Crippen LogP contribution in [0.3, 0.4) is 0 Å². The average Bonchev–Trinajstić information content (AvgIpc) is 1.67. The van der Waals surface area contributed by atoms with Crippen molar-refractivity contribution in [3.8, 4) is 0 Å². The summed E-state index contributed by atoms with van der Waals surface area (Å²) >= 11 is 0. The number of hydrogen-bond acceptors (Lipinski definition) is 3. The van der Waals surface area contributed by atoms with Gasteiger partial charge in [0, 0.05) is 6.04 Å². The molecular formula is C5H10AgNO2. The Morgan fingerprint density at radius 2 is 2.22 bits per heavy atom. The fraction of sp³-hybridized carbons (Fsp3) is 0.800. The van der Waals surface area contributed by atoms with Gasteiger partial charge in [0.2, 0.25) is 0 Å². The third-order valence-corrected chi connectivity index (χ3v) is 0.902. The van der Waals surface area contributed by atoms with Gasteiger partial charge in [-0.25, -0.2) is 0 Å². The first-order valence-electron chi connectivity index (χ1n) is 2.65. The zero-order valence-corrected chi connectivity index (χ0v) is 6.67. The standard InChI is InChI=1S/C5H11NO2.Ag/c1-2-3-4(6)5(7)8;/h4H,2-3,6H2,1H3,(H,7,8);/q;+1/p-1. The van der Waals surface area contributed by atoms with Crippen LogP contribution in [0.15, 0.2) is 0 Å². The van der Waals surface area contributed by atoms with Crippen LogP contribution in [0.5, 0.6) is 0 Å². The van der Waals surface area contributed by atoms with Crippen LogP contribution in [-0.2, 0) is 27.2 Å². The van der Waals surface area contributed by atoms with Gasteiger partial charge in [-0.1, -0.05) is 13.3 Å². The van der Waals surface area contributed by atoms with Gasteiger partial charge in [0.1, 0.15) is 0 Å². The number of carbonyl (C=O) groups is 1. The molecular weight excluding hydrogens is 214 g/mol. The first-order valence-corrected chi connectivity index (χ1v) is 2.65. The van der Waals surface area contributed by atoms with Crippen molar-refractivity contribution in [3.63, 3.8) is 0 Å². The molecule has 0 aliphatic rings. The molecule has 9 heavy (non-hydrogen) atoms. The molecule has 0 aromatic carbocycles. The normalized spacial score (nSPS) is 11.8. The van der Waals surface area contributed by atoms with E-state index in [4.69, 9.17) is 5.73 Å². The monoisotopic (exact) mass is 223 g/mol. The van der Waals surface area contributed by atoms with E-state index in [9.17, 15) is 9.90 Å². The molecule has 2 N–H and O–H groups in total. The second kappa shape index (κ2) is 6.29. The number of aliphatic carboxylic acids is 1. The maximum Gasteiger partial charge on any atom is 1.00 e. The zero-order valence-electron chi connectivity index (χ0n) is 5.19.